The maximum atomic E-state index is 9.04. The van der Waals surface area contributed by atoms with Crippen molar-refractivity contribution < 1.29 is 5.11 Å². The average Bonchev–Trinajstić information content (AvgIpc) is 2.76. The summed E-state index contributed by atoms with van der Waals surface area (Å²) < 4.78 is 2.00. The standard InChI is InChI=1S/C13H17N3O/c1-16-10-15-8-13(16)7-14-6-11-3-2-4-12(5-11)9-17/h2-5,8,10,14,17H,6-7,9H2,1H3. The van der Waals surface area contributed by atoms with Crippen LogP contribution in [-0.4, -0.2) is 14.7 Å². The molecule has 0 spiro atoms. The molecule has 0 radical (unpaired) electrons. The van der Waals surface area contributed by atoms with E-state index in [1.54, 1.807) is 6.33 Å². The van der Waals surface area contributed by atoms with Gasteiger partial charge in [0.1, 0.15) is 0 Å². The Morgan fingerprint density at radius 1 is 1.29 bits per heavy atom. The largest absolute Gasteiger partial charge is 0.392 e. The summed E-state index contributed by atoms with van der Waals surface area (Å²) in [4.78, 5) is 4.06. The van der Waals surface area contributed by atoms with Gasteiger partial charge in [-0.05, 0) is 11.1 Å². The summed E-state index contributed by atoms with van der Waals surface area (Å²) in [5.74, 6) is 0. The van der Waals surface area contributed by atoms with Gasteiger partial charge in [0.05, 0.1) is 18.6 Å². The molecule has 0 aliphatic heterocycles. The van der Waals surface area contributed by atoms with E-state index in [-0.39, 0.29) is 6.61 Å². The quantitative estimate of drug-likeness (QED) is 0.813. The highest BCUT2D eigenvalue weighted by Gasteiger charge is 1.98. The van der Waals surface area contributed by atoms with Gasteiger partial charge >= 0.3 is 0 Å². The van der Waals surface area contributed by atoms with Crippen molar-refractivity contribution in [1.82, 2.24) is 14.9 Å². The molecule has 0 atom stereocenters. The van der Waals surface area contributed by atoms with Gasteiger partial charge in [-0.1, -0.05) is 24.3 Å². The summed E-state index contributed by atoms with van der Waals surface area (Å²) in [6.07, 6.45) is 3.65. The van der Waals surface area contributed by atoms with Gasteiger partial charge in [0.15, 0.2) is 0 Å². The Bertz CT molecular complexity index is 479. The summed E-state index contributed by atoms with van der Waals surface area (Å²) in [5, 5.41) is 12.4. The molecule has 0 aliphatic carbocycles. The fraction of sp³-hybridized carbons (Fsp3) is 0.308. The van der Waals surface area contributed by atoms with Gasteiger partial charge in [0.2, 0.25) is 0 Å². The molecule has 17 heavy (non-hydrogen) atoms. The maximum Gasteiger partial charge on any atom is 0.0945 e. The summed E-state index contributed by atoms with van der Waals surface area (Å²) >= 11 is 0. The predicted molar refractivity (Wildman–Crippen MR) is 66.1 cm³/mol. The lowest BCUT2D eigenvalue weighted by molar-refractivity contribution is 0.281. The molecule has 1 aromatic heterocycles. The minimum atomic E-state index is 0.0928. The third-order valence-electron chi connectivity index (χ3n) is 2.73. The fourth-order valence-corrected chi connectivity index (χ4v) is 1.73. The molecule has 4 nitrogen and oxygen atoms in total. The number of nitrogens with zero attached hydrogens (tertiary/aromatic N) is 2. The Morgan fingerprint density at radius 3 is 2.82 bits per heavy atom. The minimum absolute atomic E-state index is 0.0928. The highest BCUT2D eigenvalue weighted by Crippen LogP contribution is 2.05. The van der Waals surface area contributed by atoms with Gasteiger partial charge in [-0.15, -0.1) is 0 Å². The molecule has 2 N–H and O–H groups in total. The van der Waals surface area contributed by atoms with Crippen molar-refractivity contribution in [1.29, 1.82) is 0 Å². The van der Waals surface area contributed by atoms with Gasteiger partial charge < -0.3 is 15.0 Å². The van der Waals surface area contributed by atoms with Crippen molar-refractivity contribution in [3.8, 4) is 0 Å². The number of hydrogen-bond acceptors (Lipinski definition) is 3. The van der Waals surface area contributed by atoms with Crippen molar-refractivity contribution in [2.24, 2.45) is 7.05 Å². The van der Waals surface area contributed by atoms with Crippen LogP contribution in [0.5, 0.6) is 0 Å². The molecule has 0 amide bonds. The Balaban J connectivity index is 1.87. The molecule has 0 saturated carbocycles. The Hall–Kier alpha value is -1.65. The zero-order valence-corrected chi connectivity index (χ0v) is 9.93. The molecule has 0 fully saturated rings. The summed E-state index contributed by atoms with van der Waals surface area (Å²) in [6.45, 7) is 1.68. The summed E-state index contributed by atoms with van der Waals surface area (Å²) in [5.41, 5.74) is 3.28. The van der Waals surface area contributed by atoms with Crippen LogP contribution in [0.4, 0.5) is 0 Å². The van der Waals surface area contributed by atoms with Crippen LogP contribution in [0.1, 0.15) is 16.8 Å². The van der Waals surface area contributed by atoms with Crippen molar-refractivity contribution in [2.45, 2.75) is 19.7 Å². The Labute approximate surface area is 101 Å². The van der Waals surface area contributed by atoms with E-state index in [4.69, 9.17) is 5.11 Å². The second-order valence-corrected chi connectivity index (χ2v) is 4.08. The van der Waals surface area contributed by atoms with E-state index in [1.807, 2.05) is 36.0 Å². The zero-order chi connectivity index (χ0) is 12.1. The summed E-state index contributed by atoms with van der Waals surface area (Å²) in [6, 6.07) is 7.95. The molecule has 2 rings (SSSR count). The highest BCUT2D eigenvalue weighted by molar-refractivity contribution is 5.22. The van der Waals surface area contributed by atoms with Crippen LogP contribution in [-0.2, 0) is 26.7 Å². The first kappa shape index (κ1) is 11.8. The van der Waals surface area contributed by atoms with Crippen molar-refractivity contribution in [2.75, 3.05) is 0 Å². The monoisotopic (exact) mass is 231 g/mol. The molecule has 0 saturated heterocycles. The van der Waals surface area contributed by atoms with E-state index >= 15 is 0 Å². The lowest BCUT2D eigenvalue weighted by atomic mass is 10.1. The molecule has 2 aromatic rings. The van der Waals surface area contributed by atoms with Crippen LogP contribution >= 0.6 is 0 Å². The number of imidazole rings is 1. The molecule has 0 aliphatic rings. The molecule has 4 heteroatoms. The van der Waals surface area contributed by atoms with Crippen LogP contribution in [0.3, 0.4) is 0 Å². The third kappa shape index (κ3) is 3.15. The van der Waals surface area contributed by atoms with Crippen LogP contribution in [0, 0.1) is 0 Å². The molecule has 1 heterocycles. The smallest absolute Gasteiger partial charge is 0.0945 e. The molecule has 0 unspecified atom stereocenters. The number of benzene rings is 1. The molecule has 1 aromatic carbocycles. The molecular formula is C13H17N3O. The number of nitrogens with one attached hydrogen (secondary N) is 1. The van der Waals surface area contributed by atoms with Crippen LogP contribution < -0.4 is 5.32 Å². The van der Waals surface area contributed by atoms with Crippen LogP contribution in [0.25, 0.3) is 0 Å². The zero-order valence-electron chi connectivity index (χ0n) is 9.93. The van der Waals surface area contributed by atoms with E-state index in [0.717, 1.165) is 24.3 Å². The number of aliphatic hydroxyl groups excluding tert-OH is 1. The van der Waals surface area contributed by atoms with Crippen molar-refractivity contribution in [3.05, 3.63) is 53.6 Å². The maximum absolute atomic E-state index is 9.04. The Morgan fingerprint density at radius 2 is 2.12 bits per heavy atom. The first-order valence-corrected chi connectivity index (χ1v) is 5.64. The van der Waals surface area contributed by atoms with Gasteiger partial charge in [-0.3, -0.25) is 0 Å². The van der Waals surface area contributed by atoms with Gasteiger partial charge in [-0.25, -0.2) is 4.98 Å². The van der Waals surface area contributed by atoms with Crippen molar-refractivity contribution in [3.63, 3.8) is 0 Å². The molecular weight excluding hydrogens is 214 g/mol. The van der Waals surface area contributed by atoms with Crippen LogP contribution in [0.2, 0.25) is 0 Å². The number of hydrogen-bond donors (Lipinski definition) is 2. The topological polar surface area (TPSA) is 50.1 Å². The Kier molecular flexibility index (Phi) is 3.90. The second kappa shape index (κ2) is 5.61. The lowest BCUT2D eigenvalue weighted by Gasteiger charge is -2.06. The first-order chi connectivity index (χ1) is 8.29. The predicted octanol–water partition coefficient (Wildman–Crippen LogP) is 1.20. The normalized spacial score (nSPS) is 10.7. The molecule has 90 valence electrons. The lowest BCUT2D eigenvalue weighted by Crippen LogP contribution is -2.14. The number of aryl methyl sites for hydroxylation is 1. The fourth-order valence-electron chi connectivity index (χ4n) is 1.73. The average molecular weight is 231 g/mol. The molecule has 0 bridgehead atoms. The minimum Gasteiger partial charge on any atom is -0.392 e. The third-order valence-corrected chi connectivity index (χ3v) is 2.73. The van der Waals surface area contributed by atoms with Gasteiger partial charge in [0.25, 0.3) is 0 Å². The van der Waals surface area contributed by atoms with Gasteiger partial charge in [-0.2, -0.15) is 0 Å². The van der Waals surface area contributed by atoms with E-state index in [0.29, 0.717) is 0 Å². The van der Waals surface area contributed by atoms with Crippen molar-refractivity contribution >= 4 is 0 Å². The van der Waals surface area contributed by atoms with E-state index < -0.39 is 0 Å². The van der Waals surface area contributed by atoms with E-state index in [2.05, 4.69) is 16.4 Å². The van der Waals surface area contributed by atoms with Crippen LogP contribution in [0.15, 0.2) is 36.8 Å². The number of rotatable bonds is 5. The SMILES string of the molecule is Cn1cncc1CNCc1cccc(CO)c1. The van der Waals surface area contributed by atoms with Gasteiger partial charge in [0, 0.05) is 26.3 Å². The van der Waals surface area contributed by atoms with E-state index in [1.165, 1.54) is 5.56 Å². The second-order valence-electron chi connectivity index (χ2n) is 4.08. The van der Waals surface area contributed by atoms with E-state index in [9.17, 15) is 0 Å². The summed E-state index contributed by atoms with van der Waals surface area (Å²) in [7, 11) is 1.98. The number of aliphatic hydroxyl groups is 1. The first-order valence-electron chi connectivity index (χ1n) is 5.64. The highest BCUT2D eigenvalue weighted by atomic mass is 16.3. The number of aromatic nitrogens is 2.